The third-order valence-corrected chi connectivity index (χ3v) is 4.64. The summed E-state index contributed by atoms with van der Waals surface area (Å²) in [4.78, 5) is 15.9. The van der Waals surface area contributed by atoms with E-state index in [0.717, 1.165) is 15.6 Å². The third-order valence-electron chi connectivity index (χ3n) is 3.84. The van der Waals surface area contributed by atoms with Crippen LogP contribution in [0.25, 0.3) is 6.08 Å². The summed E-state index contributed by atoms with van der Waals surface area (Å²) in [6.07, 6.45) is 2.51. The number of hydrogen-bond donors (Lipinski definition) is 0. The van der Waals surface area contributed by atoms with Gasteiger partial charge in [-0.1, -0.05) is 30.3 Å². The van der Waals surface area contributed by atoms with Gasteiger partial charge in [0.1, 0.15) is 0 Å². The van der Waals surface area contributed by atoms with Gasteiger partial charge in [-0.2, -0.15) is 0 Å². The van der Waals surface area contributed by atoms with Gasteiger partial charge in [-0.3, -0.25) is 0 Å². The lowest BCUT2D eigenvalue weighted by molar-refractivity contribution is -0.130. The van der Waals surface area contributed by atoms with E-state index >= 15 is 0 Å². The Bertz CT molecular complexity index is 891. The second-order valence-electron chi connectivity index (χ2n) is 5.90. The van der Waals surface area contributed by atoms with Crippen molar-refractivity contribution in [2.45, 2.75) is 20.3 Å². The van der Waals surface area contributed by atoms with Gasteiger partial charge in [0.05, 0.1) is 16.8 Å². The number of rotatable bonds is 7. The summed E-state index contributed by atoms with van der Waals surface area (Å²) in [5.41, 5.74) is 2.31. The summed E-state index contributed by atoms with van der Waals surface area (Å²) in [6.45, 7) is 4.65. The van der Waals surface area contributed by atoms with Crippen LogP contribution in [0.4, 0.5) is 0 Å². The number of halogens is 1. The highest BCUT2D eigenvalue weighted by Crippen LogP contribution is 2.35. The first-order valence-corrected chi connectivity index (χ1v) is 9.77. The Morgan fingerprint density at radius 2 is 1.96 bits per heavy atom. The highest BCUT2D eigenvalue weighted by molar-refractivity contribution is 14.1. The van der Waals surface area contributed by atoms with Gasteiger partial charge in [0, 0.05) is 13.3 Å². The van der Waals surface area contributed by atoms with E-state index < -0.39 is 5.97 Å². The fraction of sp³-hybridized carbons (Fsp3) is 0.238. The van der Waals surface area contributed by atoms with E-state index in [1.54, 1.807) is 13.0 Å². The van der Waals surface area contributed by atoms with Gasteiger partial charge in [0.15, 0.2) is 23.1 Å². The van der Waals surface area contributed by atoms with Crippen molar-refractivity contribution in [3.63, 3.8) is 0 Å². The van der Waals surface area contributed by atoms with Gasteiger partial charge in [0.25, 0.3) is 0 Å². The van der Waals surface area contributed by atoms with E-state index in [9.17, 15) is 4.79 Å². The van der Waals surface area contributed by atoms with E-state index in [1.807, 2.05) is 37.3 Å². The lowest BCUT2D eigenvalue weighted by Gasteiger charge is -2.15. The molecule has 0 saturated heterocycles. The molecule has 140 valence electrons. The number of aliphatic imine (C=N–C) groups is 1. The molecule has 0 bridgehead atoms. The van der Waals surface area contributed by atoms with Gasteiger partial charge in [-0.15, -0.1) is 0 Å². The largest absolute Gasteiger partial charge is 0.490 e. The molecule has 1 aliphatic heterocycles. The van der Waals surface area contributed by atoms with Crippen molar-refractivity contribution < 1.29 is 19.0 Å². The summed E-state index contributed by atoms with van der Waals surface area (Å²) in [5, 5.41) is 0. The van der Waals surface area contributed by atoms with E-state index in [-0.39, 0.29) is 5.70 Å². The lowest BCUT2D eigenvalue weighted by atomic mass is 10.1. The standard InChI is InChI=1S/C21H20INO4/c1-3-25-19-13-16(12-18-21(24)27-14(2)23-18)11-17(22)20(19)26-10-9-15-7-5-4-6-8-15/h4-8,11-13H,3,9-10H2,1-2H3/b18-12-. The molecule has 0 amide bonds. The zero-order chi connectivity index (χ0) is 19.2. The van der Waals surface area contributed by atoms with Crippen molar-refractivity contribution in [3.8, 4) is 11.5 Å². The Balaban J connectivity index is 1.80. The first-order chi connectivity index (χ1) is 13.1. The second-order valence-corrected chi connectivity index (χ2v) is 7.06. The molecule has 0 radical (unpaired) electrons. The topological polar surface area (TPSA) is 57.1 Å². The minimum Gasteiger partial charge on any atom is -0.490 e. The minimum atomic E-state index is -0.441. The average Bonchev–Trinajstić information content (AvgIpc) is 2.95. The summed E-state index contributed by atoms with van der Waals surface area (Å²) in [5.74, 6) is 1.27. The lowest BCUT2D eigenvalue weighted by Crippen LogP contribution is -2.05. The maximum atomic E-state index is 11.8. The molecule has 0 atom stereocenters. The molecule has 27 heavy (non-hydrogen) atoms. The van der Waals surface area contributed by atoms with Gasteiger partial charge < -0.3 is 14.2 Å². The number of cyclic esters (lactones) is 1. The van der Waals surface area contributed by atoms with Gasteiger partial charge in [-0.05, 0) is 58.9 Å². The van der Waals surface area contributed by atoms with E-state index in [4.69, 9.17) is 14.2 Å². The van der Waals surface area contributed by atoms with Crippen molar-refractivity contribution in [1.82, 2.24) is 0 Å². The molecule has 6 heteroatoms. The van der Waals surface area contributed by atoms with Crippen LogP contribution < -0.4 is 9.47 Å². The zero-order valence-corrected chi connectivity index (χ0v) is 17.4. The van der Waals surface area contributed by atoms with Crippen molar-refractivity contribution in [2.24, 2.45) is 4.99 Å². The van der Waals surface area contributed by atoms with Crippen LogP contribution in [0.1, 0.15) is 25.0 Å². The molecule has 0 N–H and O–H groups in total. The van der Waals surface area contributed by atoms with Crippen molar-refractivity contribution >= 4 is 40.5 Å². The Morgan fingerprint density at radius 1 is 1.19 bits per heavy atom. The van der Waals surface area contributed by atoms with E-state index in [0.29, 0.717) is 30.6 Å². The fourth-order valence-corrected chi connectivity index (χ4v) is 3.44. The molecule has 1 aliphatic rings. The minimum absolute atomic E-state index is 0.281. The van der Waals surface area contributed by atoms with Crippen LogP contribution in [-0.2, 0) is 16.0 Å². The number of esters is 1. The number of hydrogen-bond acceptors (Lipinski definition) is 5. The maximum Gasteiger partial charge on any atom is 0.363 e. The highest BCUT2D eigenvalue weighted by Gasteiger charge is 2.20. The van der Waals surface area contributed by atoms with Gasteiger partial charge in [0.2, 0.25) is 0 Å². The SMILES string of the molecule is CCOc1cc(/C=C2\N=C(C)OC2=O)cc(I)c1OCCc1ccccc1. The predicted octanol–water partition coefficient (Wildman–Crippen LogP) is 4.63. The molecule has 0 fully saturated rings. The number of carbonyl (C=O) groups excluding carboxylic acids is 1. The fourth-order valence-electron chi connectivity index (χ4n) is 2.66. The molecule has 0 aromatic heterocycles. The average molecular weight is 477 g/mol. The van der Waals surface area contributed by atoms with Gasteiger partial charge in [-0.25, -0.2) is 9.79 Å². The summed E-state index contributed by atoms with van der Waals surface area (Å²) >= 11 is 2.22. The molecule has 1 heterocycles. The number of ether oxygens (including phenoxy) is 3. The van der Waals surface area contributed by atoms with Crippen LogP contribution in [0.15, 0.2) is 53.2 Å². The second kappa shape index (κ2) is 9.03. The van der Waals surface area contributed by atoms with Crippen LogP contribution >= 0.6 is 22.6 Å². The van der Waals surface area contributed by atoms with Crippen LogP contribution in [0.2, 0.25) is 0 Å². The number of benzene rings is 2. The van der Waals surface area contributed by atoms with E-state index in [1.165, 1.54) is 5.56 Å². The first-order valence-electron chi connectivity index (χ1n) is 8.69. The molecule has 0 unspecified atom stereocenters. The molecular weight excluding hydrogens is 457 g/mol. The molecule has 0 spiro atoms. The van der Waals surface area contributed by atoms with Crippen LogP contribution in [0, 0.1) is 3.57 Å². The molecule has 2 aromatic carbocycles. The smallest absolute Gasteiger partial charge is 0.363 e. The molecule has 0 saturated carbocycles. The molecule has 5 nitrogen and oxygen atoms in total. The Morgan fingerprint density at radius 3 is 2.63 bits per heavy atom. The first kappa shape index (κ1) is 19.4. The van der Waals surface area contributed by atoms with Crippen molar-refractivity contribution in [1.29, 1.82) is 0 Å². The highest BCUT2D eigenvalue weighted by atomic mass is 127. The van der Waals surface area contributed by atoms with Crippen LogP contribution in [-0.4, -0.2) is 25.1 Å². The Hall–Kier alpha value is -2.35. The Labute approximate surface area is 172 Å². The quantitative estimate of drug-likeness (QED) is 0.332. The van der Waals surface area contributed by atoms with Crippen molar-refractivity contribution in [3.05, 3.63) is 62.9 Å². The van der Waals surface area contributed by atoms with Gasteiger partial charge >= 0.3 is 5.97 Å². The number of carbonyl (C=O) groups is 1. The van der Waals surface area contributed by atoms with Crippen LogP contribution in [0.5, 0.6) is 11.5 Å². The van der Waals surface area contributed by atoms with E-state index in [2.05, 4.69) is 39.7 Å². The summed E-state index contributed by atoms with van der Waals surface area (Å²) < 4.78 is 17.6. The number of nitrogens with zero attached hydrogens (tertiary/aromatic N) is 1. The summed E-state index contributed by atoms with van der Waals surface area (Å²) in [7, 11) is 0. The molecular formula is C21H20INO4. The van der Waals surface area contributed by atoms with Crippen molar-refractivity contribution in [2.75, 3.05) is 13.2 Å². The zero-order valence-electron chi connectivity index (χ0n) is 15.2. The monoisotopic (exact) mass is 477 g/mol. The predicted molar refractivity (Wildman–Crippen MR) is 113 cm³/mol. The molecule has 3 rings (SSSR count). The Kier molecular flexibility index (Phi) is 6.49. The molecule has 2 aromatic rings. The summed E-state index contributed by atoms with van der Waals surface area (Å²) in [6, 6.07) is 14.0. The molecule has 0 aliphatic carbocycles. The third kappa shape index (κ3) is 5.09. The van der Waals surface area contributed by atoms with Crippen LogP contribution in [0.3, 0.4) is 0 Å². The normalized spacial score (nSPS) is 14.9. The maximum absolute atomic E-state index is 11.8.